The molecule has 0 radical (unpaired) electrons. The lowest BCUT2D eigenvalue weighted by atomic mass is 10.0. The van der Waals surface area contributed by atoms with Gasteiger partial charge in [0.05, 0.1) is 0 Å². The van der Waals surface area contributed by atoms with E-state index < -0.39 is 6.36 Å². The van der Waals surface area contributed by atoms with Crippen LogP contribution in [0.5, 0.6) is 5.75 Å². The molecule has 17 heavy (non-hydrogen) atoms. The van der Waals surface area contributed by atoms with Crippen LogP contribution in [0.15, 0.2) is 18.2 Å². The van der Waals surface area contributed by atoms with Crippen molar-refractivity contribution >= 4 is 17.4 Å². The minimum atomic E-state index is -4.73. The third-order valence-electron chi connectivity index (χ3n) is 2.05. The average Bonchev–Trinajstić information content (AvgIpc) is 2.15. The van der Waals surface area contributed by atoms with Crippen LogP contribution in [0.2, 0.25) is 0 Å². The summed E-state index contributed by atoms with van der Waals surface area (Å²) in [4.78, 5) is 11.5. The average molecular weight is 267 g/mol. The van der Waals surface area contributed by atoms with Gasteiger partial charge in [-0.15, -0.1) is 24.8 Å². The van der Waals surface area contributed by atoms with Crippen molar-refractivity contribution in [2.45, 2.75) is 19.7 Å². The summed E-state index contributed by atoms with van der Waals surface area (Å²) >= 11 is 5.42. The van der Waals surface area contributed by atoms with Crippen molar-refractivity contribution in [3.63, 3.8) is 0 Å². The summed E-state index contributed by atoms with van der Waals surface area (Å²) in [5.74, 6) is -0.354. The van der Waals surface area contributed by atoms with Gasteiger partial charge in [0.1, 0.15) is 5.75 Å². The van der Waals surface area contributed by atoms with Gasteiger partial charge in [0, 0.05) is 17.9 Å². The molecular weight excluding hydrogens is 257 g/mol. The number of aryl methyl sites for hydroxylation is 1. The Bertz CT molecular complexity index is 416. The normalized spacial score (nSPS) is 11.4. The fraction of sp³-hybridized carbons (Fsp3) is 0.364. The summed E-state index contributed by atoms with van der Waals surface area (Å²) in [7, 11) is 0. The maximum Gasteiger partial charge on any atom is 0.573 e. The molecule has 0 amide bonds. The molecule has 0 fully saturated rings. The van der Waals surface area contributed by atoms with Crippen LogP contribution in [-0.2, 0) is 0 Å². The van der Waals surface area contributed by atoms with Gasteiger partial charge in [-0.25, -0.2) is 0 Å². The zero-order valence-corrected chi connectivity index (χ0v) is 9.73. The number of carbonyl (C=O) groups is 1. The zero-order chi connectivity index (χ0) is 13.1. The first-order valence-electron chi connectivity index (χ1n) is 4.79. The highest BCUT2D eigenvalue weighted by Gasteiger charge is 2.31. The summed E-state index contributed by atoms with van der Waals surface area (Å²) < 4.78 is 39.6. The van der Waals surface area contributed by atoms with Crippen LogP contribution in [0.3, 0.4) is 0 Å². The molecule has 1 rings (SSSR count). The molecule has 0 aliphatic heterocycles. The Morgan fingerprint density at radius 2 is 2.06 bits per heavy atom. The number of alkyl halides is 4. The molecular formula is C11H10ClF3O2. The van der Waals surface area contributed by atoms with Crippen LogP contribution in [0.4, 0.5) is 13.2 Å². The second kappa shape index (κ2) is 5.40. The Kier molecular flexibility index (Phi) is 4.40. The number of carbonyl (C=O) groups excluding carboxylic acids is 1. The Morgan fingerprint density at radius 1 is 1.41 bits per heavy atom. The molecule has 0 aliphatic rings. The molecule has 0 N–H and O–H groups in total. The van der Waals surface area contributed by atoms with Crippen LogP contribution in [0, 0.1) is 6.92 Å². The van der Waals surface area contributed by atoms with Gasteiger partial charge in [-0.1, -0.05) is 0 Å². The third kappa shape index (κ3) is 4.26. The SMILES string of the molecule is Cc1cc(OC(F)(F)F)ccc1C(=O)CCCl. The van der Waals surface area contributed by atoms with E-state index in [4.69, 9.17) is 11.6 Å². The van der Waals surface area contributed by atoms with Crippen molar-refractivity contribution in [1.82, 2.24) is 0 Å². The van der Waals surface area contributed by atoms with E-state index in [9.17, 15) is 18.0 Å². The molecule has 1 aromatic rings. The highest BCUT2D eigenvalue weighted by atomic mass is 35.5. The predicted molar refractivity (Wildman–Crippen MR) is 57.5 cm³/mol. The molecule has 0 aliphatic carbocycles. The highest BCUT2D eigenvalue weighted by Crippen LogP contribution is 2.25. The van der Waals surface area contributed by atoms with E-state index in [2.05, 4.69) is 4.74 Å². The van der Waals surface area contributed by atoms with Crippen molar-refractivity contribution in [3.05, 3.63) is 29.3 Å². The first-order chi connectivity index (χ1) is 7.83. The third-order valence-corrected chi connectivity index (χ3v) is 2.24. The molecule has 1 aromatic carbocycles. The van der Waals surface area contributed by atoms with E-state index in [0.29, 0.717) is 11.1 Å². The Morgan fingerprint density at radius 3 is 2.53 bits per heavy atom. The minimum absolute atomic E-state index is 0.155. The quantitative estimate of drug-likeness (QED) is 0.613. The zero-order valence-electron chi connectivity index (χ0n) is 8.97. The van der Waals surface area contributed by atoms with E-state index >= 15 is 0 Å². The molecule has 0 spiro atoms. The molecule has 0 atom stereocenters. The van der Waals surface area contributed by atoms with Crippen LogP contribution in [-0.4, -0.2) is 18.0 Å². The summed E-state index contributed by atoms with van der Waals surface area (Å²) in [5.41, 5.74) is 0.794. The van der Waals surface area contributed by atoms with Gasteiger partial charge in [0.2, 0.25) is 0 Å². The molecule has 6 heteroatoms. The lowest BCUT2D eigenvalue weighted by Gasteiger charge is -2.11. The van der Waals surface area contributed by atoms with Crippen LogP contribution >= 0.6 is 11.6 Å². The first-order valence-corrected chi connectivity index (χ1v) is 5.32. The molecule has 2 nitrogen and oxygen atoms in total. The second-order valence-corrected chi connectivity index (χ2v) is 3.76. The van der Waals surface area contributed by atoms with E-state index in [-0.39, 0.29) is 23.8 Å². The number of benzene rings is 1. The molecule has 0 aromatic heterocycles. The van der Waals surface area contributed by atoms with Gasteiger partial charge in [0.25, 0.3) is 0 Å². The predicted octanol–water partition coefficient (Wildman–Crippen LogP) is 3.71. The topological polar surface area (TPSA) is 26.3 Å². The lowest BCUT2D eigenvalue weighted by Crippen LogP contribution is -2.17. The molecule has 0 bridgehead atoms. The van der Waals surface area contributed by atoms with Crippen molar-refractivity contribution < 1.29 is 22.7 Å². The fourth-order valence-corrected chi connectivity index (χ4v) is 1.54. The van der Waals surface area contributed by atoms with E-state index in [1.807, 2.05) is 0 Å². The lowest BCUT2D eigenvalue weighted by molar-refractivity contribution is -0.274. The molecule has 0 heterocycles. The van der Waals surface area contributed by atoms with Crippen molar-refractivity contribution in [3.8, 4) is 5.75 Å². The van der Waals surface area contributed by atoms with E-state index in [0.717, 1.165) is 6.07 Å². The summed E-state index contributed by atoms with van der Waals surface area (Å²) in [5, 5.41) is 0. The van der Waals surface area contributed by atoms with Crippen LogP contribution in [0.25, 0.3) is 0 Å². The van der Waals surface area contributed by atoms with Crippen molar-refractivity contribution in [1.29, 1.82) is 0 Å². The monoisotopic (exact) mass is 266 g/mol. The van der Waals surface area contributed by atoms with Gasteiger partial charge in [-0.05, 0) is 30.7 Å². The first kappa shape index (κ1) is 13.8. The number of ketones is 1. The number of hydrogen-bond acceptors (Lipinski definition) is 2. The fourth-order valence-electron chi connectivity index (χ4n) is 1.37. The number of ether oxygens (including phenoxy) is 1. The minimum Gasteiger partial charge on any atom is -0.406 e. The van der Waals surface area contributed by atoms with Gasteiger partial charge in [-0.3, -0.25) is 4.79 Å². The molecule has 0 saturated heterocycles. The summed E-state index contributed by atoms with van der Waals surface area (Å²) in [6, 6.07) is 3.60. The van der Waals surface area contributed by atoms with Crippen LogP contribution in [0.1, 0.15) is 22.3 Å². The largest absolute Gasteiger partial charge is 0.573 e. The number of hydrogen-bond donors (Lipinski definition) is 0. The highest BCUT2D eigenvalue weighted by molar-refractivity contribution is 6.19. The van der Waals surface area contributed by atoms with E-state index in [1.54, 1.807) is 6.92 Å². The summed E-state index contributed by atoms with van der Waals surface area (Å²) in [6.07, 6.45) is -4.57. The van der Waals surface area contributed by atoms with Gasteiger partial charge in [0.15, 0.2) is 5.78 Å². The summed E-state index contributed by atoms with van der Waals surface area (Å²) in [6.45, 7) is 1.55. The molecule has 94 valence electrons. The number of halogens is 4. The smallest absolute Gasteiger partial charge is 0.406 e. The van der Waals surface area contributed by atoms with E-state index in [1.165, 1.54) is 12.1 Å². The maximum absolute atomic E-state index is 11.9. The van der Waals surface area contributed by atoms with Gasteiger partial charge in [-0.2, -0.15) is 0 Å². The van der Waals surface area contributed by atoms with Crippen LogP contribution < -0.4 is 4.74 Å². The number of rotatable bonds is 4. The van der Waals surface area contributed by atoms with Crippen molar-refractivity contribution in [2.75, 3.05) is 5.88 Å². The van der Waals surface area contributed by atoms with Crippen molar-refractivity contribution in [2.24, 2.45) is 0 Å². The molecule has 0 unspecified atom stereocenters. The van der Waals surface area contributed by atoms with Gasteiger partial charge < -0.3 is 4.74 Å². The molecule has 0 saturated carbocycles. The van der Waals surface area contributed by atoms with Gasteiger partial charge >= 0.3 is 6.36 Å². The Labute approximate surface area is 101 Å². The Hall–Kier alpha value is -1.23. The second-order valence-electron chi connectivity index (χ2n) is 3.39. The Balaban J connectivity index is 2.90. The maximum atomic E-state index is 11.9. The number of Topliss-reactive ketones (excluding diaryl/α,β-unsaturated/α-hetero) is 1. The standard InChI is InChI=1S/C11H10ClF3O2/c1-7-6-8(17-11(13,14)15)2-3-9(7)10(16)4-5-12/h2-3,6H,4-5H2,1H3.